The summed E-state index contributed by atoms with van der Waals surface area (Å²) < 4.78 is 5.45. The minimum atomic E-state index is -0.0944. The van der Waals surface area contributed by atoms with E-state index in [0.29, 0.717) is 11.6 Å². The maximum atomic E-state index is 6.12. The predicted octanol–water partition coefficient (Wildman–Crippen LogP) is 3.60. The minimum absolute atomic E-state index is 0.0944. The van der Waals surface area contributed by atoms with Crippen molar-refractivity contribution < 1.29 is 4.74 Å². The number of nitrogens with one attached hydrogen (secondary N) is 1. The number of benzene rings is 2. The first-order valence-electron chi connectivity index (χ1n) is 6.60. The van der Waals surface area contributed by atoms with E-state index in [2.05, 4.69) is 11.5 Å². The molecule has 2 aromatic carbocycles. The van der Waals surface area contributed by atoms with Crippen molar-refractivity contribution in [2.45, 2.75) is 19.9 Å². The van der Waals surface area contributed by atoms with Crippen LogP contribution < -0.4 is 16.0 Å². The Morgan fingerprint density at radius 1 is 1.15 bits per heavy atom. The van der Waals surface area contributed by atoms with Crippen LogP contribution in [0.4, 0.5) is 0 Å². The third-order valence-electron chi connectivity index (χ3n) is 3.09. The monoisotopic (exact) mass is 290 g/mol. The average molecular weight is 291 g/mol. The van der Waals surface area contributed by atoms with Gasteiger partial charge >= 0.3 is 0 Å². The molecule has 1 atom stereocenters. The summed E-state index contributed by atoms with van der Waals surface area (Å²) in [6, 6.07) is 13.7. The lowest BCUT2D eigenvalue weighted by molar-refractivity contribution is 0.340. The van der Waals surface area contributed by atoms with Crippen molar-refractivity contribution in [1.29, 1.82) is 0 Å². The summed E-state index contributed by atoms with van der Waals surface area (Å²) >= 11 is 6.12. The lowest BCUT2D eigenvalue weighted by Gasteiger charge is -2.18. The molecule has 0 aromatic heterocycles. The molecule has 0 aliphatic rings. The predicted molar refractivity (Wildman–Crippen MR) is 83.0 cm³/mol. The number of hydrogen-bond acceptors (Lipinski definition) is 3. The molecule has 0 amide bonds. The molecule has 0 aliphatic heterocycles. The van der Waals surface area contributed by atoms with Gasteiger partial charge in [-0.15, -0.1) is 0 Å². The van der Waals surface area contributed by atoms with Crippen molar-refractivity contribution in [3.05, 3.63) is 64.2 Å². The van der Waals surface area contributed by atoms with Gasteiger partial charge in [0.1, 0.15) is 5.75 Å². The molecule has 0 heterocycles. The van der Waals surface area contributed by atoms with Gasteiger partial charge in [0, 0.05) is 5.02 Å². The second-order valence-electron chi connectivity index (χ2n) is 4.66. The van der Waals surface area contributed by atoms with Gasteiger partial charge in [-0.1, -0.05) is 29.8 Å². The standard InChI is InChI=1S/C16H19ClN2O/c1-3-20-15-6-4-12(5-7-15)16(19-18)13-8-11(2)9-14(17)10-13/h4-10,16,19H,3,18H2,1-2H3. The van der Waals surface area contributed by atoms with E-state index in [-0.39, 0.29) is 6.04 Å². The molecule has 1 unspecified atom stereocenters. The van der Waals surface area contributed by atoms with Crippen LogP contribution in [0.1, 0.15) is 29.7 Å². The zero-order valence-electron chi connectivity index (χ0n) is 11.7. The Hall–Kier alpha value is -1.55. The van der Waals surface area contributed by atoms with Gasteiger partial charge in [0.05, 0.1) is 12.6 Å². The maximum absolute atomic E-state index is 6.12. The van der Waals surface area contributed by atoms with Gasteiger partial charge in [-0.3, -0.25) is 5.84 Å². The SMILES string of the molecule is CCOc1ccc(C(NN)c2cc(C)cc(Cl)c2)cc1. The van der Waals surface area contributed by atoms with Crippen LogP contribution in [0.25, 0.3) is 0 Å². The van der Waals surface area contributed by atoms with Crippen LogP contribution >= 0.6 is 11.6 Å². The number of hydrogen-bond donors (Lipinski definition) is 2. The van der Waals surface area contributed by atoms with Crippen molar-refractivity contribution in [3.63, 3.8) is 0 Å². The van der Waals surface area contributed by atoms with Gasteiger partial charge in [-0.25, -0.2) is 5.43 Å². The summed E-state index contributed by atoms with van der Waals surface area (Å²) in [4.78, 5) is 0. The third-order valence-corrected chi connectivity index (χ3v) is 3.31. The van der Waals surface area contributed by atoms with E-state index < -0.39 is 0 Å². The molecule has 3 N–H and O–H groups in total. The fourth-order valence-corrected chi connectivity index (χ4v) is 2.54. The van der Waals surface area contributed by atoms with Crippen molar-refractivity contribution in [1.82, 2.24) is 5.43 Å². The molecule has 0 aliphatic carbocycles. The molecular formula is C16H19ClN2O. The molecule has 4 heteroatoms. The molecule has 0 saturated carbocycles. The van der Waals surface area contributed by atoms with Gasteiger partial charge in [0.15, 0.2) is 0 Å². The van der Waals surface area contributed by atoms with E-state index in [1.807, 2.05) is 50.2 Å². The molecule has 2 rings (SSSR count). The molecule has 0 fully saturated rings. The second kappa shape index (κ2) is 6.75. The third kappa shape index (κ3) is 3.51. The largest absolute Gasteiger partial charge is 0.494 e. The van der Waals surface area contributed by atoms with Crippen LogP contribution in [-0.4, -0.2) is 6.61 Å². The number of aryl methyl sites for hydroxylation is 1. The van der Waals surface area contributed by atoms with Crippen molar-refractivity contribution in [2.75, 3.05) is 6.61 Å². The molecule has 20 heavy (non-hydrogen) atoms. The molecule has 0 bridgehead atoms. The summed E-state index contributed by atoms with van der Waals surface area (Å²) in [5.74, 6) is 6.57. The van der Waals surface area contributed by atoms with Gasteiger partial charge < -0.3 is 4.74 Å². The molecule has 106 valence electrons. The van der Waals surface area contributed by atoms with Crippen LogP contribution in [0.3, 0.4) is 0 Å². The Labute approximate surface area is 124 Å². The Balaban J connectivity index is 2.31. The minimum Gasteiger partial charge on any atom is -0.494 e. The van der Waals surface area contributed by atoms with Crippen molar-refractivity contribution in [2.24, 2.45) is 5.84 Å². The Kier molecular flexibility index (Phi) is 5.01. The number of ether oxygens (including phenoxy) is 1. The lowest BCUT2D eigenvalue weighted by Crippen LogP contribution is -2.28. The van der Waals surface area contributed by atoms with Gasteiger partial charge in [-0.05, 0) is 54.8 Å². The Bertz CT molecular complexity index is 549. The van der Waals surface area contributed by atoms with E-state index in [0.717, 1.165) is 22.4 Å². The summed E-state index contributed by atoms with van der Waals surface area (Å²) in [5, 5.41) is 0.714. The number of nitrogens with two attached hydrogens (primary N) is 1. The molecule has 0 spiro atoms. The van der Waals surface area contributed by atoms with E-state index in [1.165, 1.54) is 0 Å². The van der Waals surface area contributed by atoms with E-state index >= 15 is 0 Å². The first kappa shape index (κ1) is 14.9. The topological polar surface area (TPSA) is 47.3 Å². The van der Waals surface area contributed by atoms with E-state index in [9.17, 15) is 0 Å². The fourth-order valence-electron chi connectivity index (χ4n) is 2.24. The Morgan fingerprint density at radius 2 is 1.85 bits per heavy atom. The zero-order chi connectivity index (χ0) is 14.5. The smallest absolute Gasteiger partial charge is 0.119 e. The maximum Gasteiger partial charge on any atom is 0.119 e. The molecule has 3 nitrogen and oxygen atoms in total. The zero-order valence-corrected chi connectivity index (χ0v) is 12.4. The van der Waals surface area contributed by atoms with Crippen LogP contribution in [0, 0.1) is 6.92 Å². The normalized spacial score (nSPS) is 12.2. The number of hydrazine groups is 1. The molecule has 0 saturated heterocycles. The molecule has 2 aromatic rings. The highest BCUT2D eigenvalue weighted by Gasteiger charge is 2.13. The van der Waals surface area contributed by atoms with Crippen LogP contribution in [0.2, 0.25) is 5.02 Å². The quantitative estimate of drug-likeness (QED) is 0.653. The van der Waals surface area contributed by atoms with Crippen molar-refractivity contribution >= 4 is 11.6 Å². The average Bonchev–Trinajstić information content (AvgIpc) is 2.41. The summed E-state index contributed by atoms with van der Waals surface area (Å²) in [6.07, 6.45) is 0. The first-order chi connectivity index (χ1) is 9.63. The van der Waals surface area contributed by atoms with Crippen LogP contribution in [-0.2, 0) is 0 Å². The highest BCUT2D eigenvalue weighted by molar-refractivity contribution is 6.30. The van der Waals surface area contributed by atoms with Gasteiger partial charge in [0.2, 0.25) is 0 Å². The fraction of sp³-hybridized carbons (Fsp3) is 0.250. The van der Waals surface area contributed by atoms with Crippen LogP contribution in [0.5, 0.6) is 5.75 Å². The summed E-state index contributed by atoms with van der Waals surface area (Å²) in [6.45, 7) is 4.64. The first-order valence-corrected chi connectivity index (χ1v) is 6.97. The second-order valence-corrected chi connectivity index (χ2v) is 5.10. The van der Waals surface area contributed by atoms with Crippen LogP contribution in [0.15, 0.2) is 42.5 Å². The highest BCUT2D eigenvalue weighted by Crippen LogP contribution is 2.26. The Morgan fingerprint density at radius 3 is 2.40 bits per heavy atom. The number of halogens is 1. The van der Waals surface area contributed by atoms with Crippen molar-refractivity contribution in [3.8, 4) is 5.75 Å². The molecular weight excluding hydrogens is 272 g/mol. The van der Waals surface area contributed by atoms with Gasteiger partial charge in [0.25, 0.3) is 0 Å². The summed E-state index contributed by atoms with van der Waals surface area (Å²) in [5.41, 5.74) is 6.06. The summed E-state index contributed by atoms with van der Waals surface area (Å²) in [7, 11) is 0. The van der Waals surface area contributed by atoms with E-state index in [4.69, 9.17) is 22.2 Å². The van der Waals surface area contributed by atoms with Gasteiger partial charge in [-0.2, -0.15) is 0 Å². The highest BCUT2D eigenvalue weighted by atomic mass is 35.5. The molecule has 0 radical (unpaired) electrons. The lowest BCUT2D eigenvalue weighted by atomic mass is 9.98. The number of rotatable bonds is 5. The van der Waals surface area contributed by atoms with E-state index in [1.54, 1.807) is 0 Å².